The van der Waals surface area contributed by atoms with Gasteiger partial charge >= 0.3 is 0 Å². The third-order valence-corrected chi connectivity index (χ3v) is 3.01. The molecule has 1 heterocycles. The van der Waals surface area contributed by atoms with E-state index in [2.05, 4.69) is 54.8 Å². The lowest BCUT2D eigenvalue weighted by Gasteiger charge is -2.28. The Kier molecular flexibility index (Phi) is 5.38. The number of nitrogens with zero attached hydrogens (tertiary/aromatic N) is 3. The van der Waals surface area contributed by atoms with Gasteiger partial charge < -0.3 is 10.2 Å². The predicted octanol–water partition coefficient (Wildman–Crippen LogP) is 3.15. The fourth-order valence-corrected chi connectivity index (χ4v) is 2.07. The molecule has 0 atom stereocenters. The van der Waals surface area contributed by atoms with Crippen LogP contribution in [0.25, 0.3) is 0 Å². The van der Waals surface area contributed by atoms with Gasteiger partial charge in [0.1, 0.15) is 17.5 Å². The number of aryl methyl sites for hydroxylation is 1. The molecule has 0 fully saturated rings. The average Bonchev–Trinajstić information content (AvgIpc) is 2.31. The Hall–Kier alpha value is -1.32. The van der Waals surface area contributed by atoms with Crippen LogP contribution in [0.5, 0.6) is 0 Å². The highest BCUT2D eigenvalue weighted by Crippen LogP contribution is 2.24. The summed E-state index contributed by atoms with van der Waals surface area (Å²) in [4.78, 5) is 11.4. The maximum atomic E-state index is 4.61. The van der Waals surface area contributed by atoms with E-state index in [4.69, 9.17) is 0 Å². The van der Waals surface area contributed by atoms with E-state index in [1.807, 2.05) is 6.92 Å². The first-order valence-corrected chi connectivity index (χ1v) is 6.86. The number of nitrogens with one attached hydrogen (secondary N) is 1. The highest BCUT2D eigenvalue weighted by Gasteiger charge is 2.16. The minimum atomic E-state index is 0.446. The molecule has 102 valence electrons. The van der Waals surface area contributed by atoms with Crippen molar-refractivity contribution in [2.24, 2.45) is 0 Å². The minimum Gasteiger partial charge on any atom is -0.370 e. The van der Waals surface area contributed by atoms with Crippen LogP contribution in [0.2, 0.25) is 0 Å². The Morgan fingerprint density at radius 3 is 2.33 bits per heavy atom. The molecule has 1 aromatic heterocycles. The van der Waals surface area contributed by atoms with Crippen LogP contribution >= 0.6 is 0 Å². The fourth-order valence-electron chi connectivity index (χ4n) is 2.07. The Morgan fingerprint density at radius 1 is 1.17 bits per heavy atom. The molecular formula is C14H26N4. The van der Waals surface area contributed by atoms with Crippen molar-refractivity contribution in [3.8, 4) is 0 Å². The van der Waals surface area contributed by atoms with Crippen LogP contribution in [0.4, 0.5) is 11.6 Å². The maximum absolute atomic E-state index is 4.61. The van der Waals surface area contributed by atoms with E-state index in [1.54, 1.807) is 0 Å². The van der Waals surface area contributed by atoms with Crippen molar-refractivity contribution in [3.05, 3.63) is 11.4 Å². The van der Waals surface area contributed by atoms with Gasteiger partial charge in [-0.15, -0.1) is 0 Å². The lowest BCUT2D eigenvalue weighted by molar-refractivity contribution is 0.687. The quantitative estimate of drug-likeness (QED) is 0.842. The first kappa shape index (κ1) is 14.7. The summed E-state index contributed by atoms with van der Waals surface area (Å²) in [6, 6.07) is 0.446. The molecule has 18 heavy (non-hydrogen) atoms. The van der Waals surface area contributed by atoms with Crippen LogP contribution in [0.15, 0.2) is 0 Å². The molecule has 0 aliphatic rings. The molecule has 0 aliphatic carbocycles. The number of anilines is 2. The molecule has 1 N–H and O–H groups in total. The zero-order valence-electron chi connectivity index (χ0n) is 12.5. The Balaban J connectivity index is 3.14. The Labute approximate surface area is 111 Å². The molecule has 4 nitrogen and oxygen atoms in total. The molecule has 0 amide bonds. The summed E-state index contributed by atoms with van der Waals surface area (Å²) in [5.74, 6) is 2.85. The van der Waals surface area contributed by atoms with Crippen molar-refractivity contribution >= 4 is 11.6 Å². The number of aromatic nitrogens is 2. The van der Waals surface area contributed by atoms with Gasteiger partial charge in [-0.3, -0.25) is 0 Å². The lowest BCUT2D eigenvalue weighted by atomic mass is 10.2. The van der Waals surface area contributed by atoms with Gasteiger partial charge in [0.2, 0.25) is 0 Å². The van der Waals surface area contributed by atoms with Gasteiger partial charge in [-0.05, 0) is 41.0 Å². The molecular weight excluding hydrogens is 224 g/mol. The first-order valence-electron chi connectivity index (χ1n) is 6.86. The Morgan fingerprint density at radius 2 is 1.83 bits per heavy atom. The van der Waals surface area contributed by atoms with E-state index in [0.717, 1.165) is 42.5 Å². The number of rotatable bonds is 6. The van der Waals surface area contributed by atoms with Gasteiger partial charge in [-0.2, -0.15) is 0 Å². The van der Waals surface area contributed by atoms with Crippen LogP contribution in [0.3, 0.4) is 0 Å². The molecule has 0 spiro atoms. The molecule has 0 aromatic carbocycles. The molecule has 0 unspecified atom stereocenters. The predicted molar refractivity (Wildman–Crippen MR) is 78.4 cm³/mol. The van der Waals surface area contributed by atoms with Gasteiger partial charge in [0.05, 0.1) is 0 Å². The summed E-state index contributed by atoms with van der Waals surface area (Å²) in [6.45, 7) is 14.7. The number of hydrogen-bond acceptors (Lipinski definition) is 4. The lowest BCUT2D eigenvalue weighted by Crippen LogP contribution is -2.32. The molecule has 0 radical (unpaired) electrons. The summed E-state index contributed by atoms with van der Waals surface area (Å²) in [7, 11) is 0. The molecule has 1 aromatic rings. The average molecular weight is 250 g/mol. The van der Waals surface area contributed by atoms with Crippen LogP contribution in [-0.4, -0.2) is 29.1 Å². The highest BCUT2D eigenvalue weighted by molar-refractivity contribution is 5.59. The molecule has 0 bridgehead atoms. The standard InChI is InChI=1S/C14H26N4/c1-7-9-15-13-11(5)14(17-12(6)16-13)18(8-2)10(3)4/h10H,7-9H2,1-6H3,(H,15,16,17). The fraction of sp³-hybridized carbons (Fsp3) is 0.714. The van der Waals surface area contributed by atoms with Crippen molar-refractivity contribution < 1.29 is 0 Å². The van der Waals surface area contributed by atoms with E-state index in [0.29, 0.717) is 6.04 Å². The smallest absolute Gasteiger partial charge is 0.137 e. The maximum Gasteiger partial charge on any atom is 0.137 e. The second kappa shape index (κ2) is 6.57. The molecule has 0 saturated heterocycles. The minimum absolute atomic E-state index is 0.446. The summed E-state index contributed by atoms with van der Waals surface area (Å²) in [5, 5.41) is 3.38. The third kappa shape index (κ3) is 3.34. The van der Waals surface area contributed by atoms with Crippen molar-refractivity contribution in [2.45, 2.75) is 54.0 Å². The van der Waals surface area contributed by atoms with E-state index in [9.17, 15) is 0 Å². The monoisotopic (exact) mass is 250 g/mol. The summed E-state index contributed by atoms with van der Waals surface area (Å²) in [5.41, 5.74) is 1.14. The van der Waals surface area contributed by atoms with Gasteiger partial charge in [-0.25, -0.2) is 9.97 Å². The van der Waals surface area contributed by atoms with E-state index in [1.165, 1.54) is 0 Å². The number of hydrogen-bond donors (Lipinski definition) is 1. The molecule has 0 saturated carbocycles. The van der Waals surface area contributed by atoms with E-state index in [-0.39, 0.29) is 0 Å². The van der Waals surface area contributed by atoms with Crippen LogP contribution in [0.1, 0.15) is 45.5 Å². The van der Waals surface area contributed by atoms with Crippen molar-refractivity contribution in [1.29, 1.82) is 0 Å². The third-order valence-electron chi connectivity index (χ3n) is 3.01. The summed E-state index contributed by atoms with van der Waals surface area (Å²) < 4.78 is 0. The van der Waals surface area contributed by atoms with Crippen molar-refractivity contribution in [1.82, 2.24) is 9.97 Å². The van der Waals surface area contributed by atoms with Gasteiger partial charge in [0.25, 0.3) is 0 Å². The zero-order valence-corrected chi connectivity index (χ0v) is 12.5. The largest absolute Gasteiger partial charge is 0.370 e. The van der Waals surface area contributed by atoms with Gasteiger partial charge in [0, 0.05) is 24.7 Å². The topological polar surface area (TPSA) is 41.1 Å². The second-order valence-corrected chi connectivity index (χ2v) is 4.87. The molecule has 0 aliphatic heterocycles. The summed E-state index contributed by atoms with van der Waals surface area (Å²) >= 11 is 0. The highest BCUT2D eigenvalue weighted by atomic mass is 15.2. The van der Waals surface area contributed by atoms with Crippen LogP contribution in [0, 0.1) is 13.8 Å². The van der Waals surface area contributed by atoms with Crippen LogP contribution in [-0.2, 0) is 0 Å². The SMILES string of the molecule is CCCNc1nc(C)nc(N(CC)C(C)C)c1C. The Bertz CT molecular complexity index is 388. The van der Waals surface area contributed by atoms with E-state index < -0.39 is 0 Å². The zero-order chi connectivity index (χ0) is 13.7. The van der Waals surface area contributed by atoms with Crippen LogP contribution < -0.4 is 10.2 Å². The second-order valence-electron chi connectivity index (χ2n) is 4.87. The van der Waals surface area contributed by atoms with Gasteiger partial charge in [0.15, 0.2) is 0 Å². The van der Waals surface area contributed by atoms with Crippen molar-refractivity contribution in [3.63, 3.8) is 0 Å². The first-order chi connectivity index (χ1) is 8.51. The molecule has 4 heteroatoms. The summed E-state index contributed by atoms with van der Waals surface area (Å²) in [6.07, 6.45) is 1.10. The molecule has 1 rings (SSSR count). The van der Waals surface area contributed by atoms with Gasteiger partial charge in [-0.1, -0.05) is 6.92 Å². The normalized spacial score (nSPS) is 10.8. The van der Waals surface area contributed by atoms with E-state index >= 15 is 0 Å². The van der Waals surface area contributed by atoms with Crippen molar-refractivity contribution in [2.75, 3.05) is 23.3 Å².